The normalized spacial score (nSPS) is 14.0. The summed E-state index contributed by atoms with van der Waals surface area (Å²) < 4.78 is 0. The standard InChI is InChI=1S/C10H14N2/c1-8(4-9(2)6-11)5-10(3)7-12/h8,10H,2,4-5H2,1,3H3. The highest BCUT2D eigenvalue weighted by atomic mass is 14.3. The van der Waals surface area contributed by atoms with Gasteiger partial charge in [-0.3, -0.25) is 0 Å². The van der Waals surface area contributed by atoms with Crippen LogP contribution in [-0.2, 0) is 0 Å². The summed E-state index contributed by atoms with van der Waals surface area (Å²) in [5.41, 5.74) is 0.604. The van der Waals surface area contributed by atoms with Crippen molar-refractivity contribution in [2.45, 2.75) is 26.7 Å². The Morgan fingerprint density at radius 1 is 1.42 bits per heavy atom. The first-order valence-electron chi connectivity index (χ1n) is 4.07. The van der Waals surface area contributed by atoms with E-state index >= 15 is 0 Å². The third-order valence-corrected chi connectivity index (χ3v) is 1.73. The van der Waals surface area contributed by atoms with Gasteiger partial charge in [0.2, 0.25) is 0 Å². The molecule has 0 N–H and O–H groups in total. The van der Waals surface area contributed by atoms with E-state index in [1.54, 1.807) is 0 Å². The highest BCUT2D eigenvalue weighted by Crippen LogP contribution is 2.17. The third kappa shape index (κ3) is 4.52. The Kier molecular flexibility index (Phi) is 4.81. The molecular formula is C10H14N2. The molecule has 0 aliphatic heterocycles. The molecule has 2 nitrogen and oxygen atoms in total. The van der Waals surface area contributed by atoms with Gasteiger partial charge in [0, 0.05) is 11.5 Å². The van der Waals surface area contributed by atoms with E-state index in [0.29, 0.717) is 17.9 Å². The Labute approximate surface area is 74.1 Å². The van der Waals surface area contributed by atoms with Gasteiger partial charge >= 0.3 is 0 Å². The van der Waals surface area contributed by atoms with Crippen LogP contribution in [0.3, 0.4) is 0 Å². The summed E-state index contributed by atoms with van der Waals surface area (Å²) in [4.78, 5) is 0. The van der Waals surface area contributed by atoms with Gasteiger partial charge in [-0.05, 0) is 25.7 Å². The van der Waals surface area contributed by atoms with Crippen LogP contribution in [0, 0.1) is 34.5 Å². The summed E-state index contributed by atoms with van der Waals surface area (Å²) in [6.07, 6.45) is 1.56. The van der Waals surface area contributed by atoms with Crippen LogP contribution in [0.15, 0.2) is 12.2 Å². The molecule has 12 heavy (non-hydrogen) atoms. The van der Waals surface area contributed by atoms with Gasteiger partial charge < -0.3 is 0 Å². The number of nitriles is 2. The second kappa shape index (κ2) is 5.38. The van der Waals surface area contributed by atoms with Gasteiger partial charge in [-0.15, -0.1) is 0 Å². The highest BCUT2D eigenvalue weighted by Gasteiger charge is 2.08. The van der Waals surface area contributed by atoms with Crippen LogP contribution < -0.4 is 0 Å². The second-order valence-electron chi connectivity index (χ2n) is 3.29. The first kappa shape index (κ1) is 10.7. The van der Waals surface area contributed by atoms with Gasteiger partial charge in [-0.25, -0.2) is 0 Å². The Hall–Kier alpha value is -1.28. The van der Waals surface area contributed by atoms with Crippen molar-refractivity contribution in [3.63, 3.8) is 0 Å². The van der Waals surface area contributed by atoms with E-state index in [0.717, 1.165) is 6.42 Å². The lowest BCUT2D eigenvalue weighted by atomic mass is 9.93. The lowest BCUT2D eigenvalue weighted by molar-refractivity contribution is 0.473. The van der Waals surface area contributed by atoms with Crippen LogP contribution in [-0.4, -0.2) is 0 Å². The fourth-order valence-electron chi connectivity index (χ4n) is 1.21. The maximum absolute atomic E-state index is 8.54. The maximum atomic E-state index is 8.54. The zero-order chi connectivity index (χ0) is 9.56. The molecule has 0 heterocycles. The summed E-state index contributed by atoms with van der Waals surface area (Å²) in [6, 6.07) is 4.18. The van der Waals surface area contributed by atoms with Gasteiger partial charge in [0.25, 0.3) is 0 Å². The van der Waals surface area contributed by atoms with E-state index in [4.69, 9.17) is 10.5 Å². The molecule has 0 bridgehead atoms. The minimum atomic E-state index is 0.0755. The Morgan fingerprint density at radius 2 is 2.00 bits per heavy atom. The average Bonchev–Trinajstić information content (AvgIpc) is 2.03. The van der Waals surface area contributed by atoms with Gasteiger partial charge in [0.05, 0.1) is 12.1 Å². The lowest BCUT2D eigenvalue weighted by Crippen LogP contribution is -2.01. The molecule has 0 saturated heterocycles. The second-order valence-corrected chi connectivity index (χ2v) is 3.29. The van der Waals surface area contributed by atoms with Crippen molar-refractivity contribution >= 4 is 0 Å². The predicted molar refractivity (Wildman–Crippen MR) is 47.9 cm³/mol. The third-order valence-electron chi connectivity index (χ3n) is 1.73. The molecule has 2 unspecified atom stereocenters. The fourth-order valence-corrected chi connectivity index (χ4v) is 1.21. The molecule has 64 valence electrons. The SMILES string of the molecule is C=C(C#N)CC(C)CC(C)C#N. The Morgan fingerprint density at radius 3 is 2.42 bits per heavy atom. The summed E-state index contributed by atoms with van der Waals surface area (Å²) in [5, 5.41) is 17.0. The smallest absolute Gasteiger partial charge is 0.0940 e. The van der Waals surface area contributed by atoms with Crippen molar-refractivity contribution in [2.75, 3.05) is 0 Å². The molecular weight excluding hydrogens is 148 g/mol. The number of hydrogen-bond donors (Lipinski definition) is 0. The summed E-state index contributed by atoms with van der Waals surface area (Å²) in [7, 11) is 0. The van der Waals surface area contributed by atoms with Crippen molar-refractivity contribution in [1.29, 1.82) is 10.5 Å². The quantitative estimate of drug-likeness (QED) is 0.596. The first-order valence-corrected chi connectivity index (χ1v) is 4.07. The molecule has 0 aromatic carbocycles. The minimum absolute atomic E-state index is 0.0755. The van der Waals surface area contributed by atoms with Crippen molar-refractivity contribution in [1.82, 2.24) is 0 Å². The van der Waals surface area contributed by atoms with E-state index in [9.17, 15) is 0 Å². The molecule has 0 amide bonds. The highest BCUT2D eigenvalue weighted by molar-refractivity contribution is 5.15. The number of nitrogens with zero attached hydrogens (tertiary/aromatic N) is 2. The van der Waals surface area contributed by atoms with Gasteiger partial charge in [-0.1, -0.05) is 13.5 Å². The van der Waals surface area contributed by atoms with E-state index in [1.165, 1.54) is 0 Å². The zero-order valence-electron chi connectivity index (χ0n) is 7.67. The number of rotatable bonds is 4. The molecule has 0 rings (SSSR count). The van der Waals surface area contributed by atoms with E-state index in [2.05, 4.69) is 12.6 Å². The number of allylic oxidation sites excluding steroid dienone is 1. The summed E-state index contributed by atoms with van der Waals surface area (Å²) >= 11 is 0. The monoisotopic (exact) mass is 162 g/mol. The van der Waals surface area contributed by atoms with Crippen LogP contribution in [0.1, 0.15) is 26.7 Å². The molecule has 2 atom stereocenters. The van der Waals surface area contributed by atoms with Crippen LogP contribution >= 0.6 is 0 Å². The molecule has 0 radical (unpaired) electrons. The minimum Gasteiger partial charge on any atom is -0.198 e. The average molecular weight is 162 g/mol. The van der Waals surface area contributed by atoms with Crippen LogP contribution in [0.5, 0.6) is 0 Å². The molecule has 0 aromatic rings. The largest absolute Gasteiger partial charge is 0.198 e. The number of hydrogen-bond acceptors (Lipinski definition) is 2. The van der Waals surface area contributed by atoms with Gasteiger partial charge in [0.1, 0.15) is 0 Å². The van der Waals surface area contributed by atoms with Gasteiger partial charge in [-0.2, -0.15) is 10.5 Å². The fraction of sp³-hybridized carbons (Fsp3) is 0.600. The topological polar surface area (TPSA) is 47.6 Å². The molecule has 0 spiro atoms. The van der Waals surface area contributed by atoms with E-state index < -0.39 is 0 Å². The molecule has 2 heteroatoms. The van der Waals surface area contributed by atoms with E-state index in [-0.39, 0.29) is 5.92 Å². The Bertz CT molecular complexity index is 229. The van der Waals surface area contributed by atoms with Crippen molar-refractivity contribution in [3.8, 4) is 12.1 Å². The summed E-state index contributed by atoms with van der Waals surface area (Å²) in [6.45, 7) is 7.53. The zero-order valence-corrected chi connectivity index (χ0v) is 7.67. The van der Waals surface area contributed by atoms with Gasteiger partial charge in [0.15, 0.2) is 0 Å². The van der Waals surface area contributed by atoms with Crippen molar-refractivity contribution in [3.05, 3.63) is 12.2 Å². The predicted octanol–water partition coefficient (Wildman–Crippen LogP) is 2.64. The first-order chi connectivity index (χ1) is 5.60. The maximum Gasteiger partial charge on any atom is 0.0940 e. The molecule has 0 fully saturated rings. The molecule has 0 saturated carbocycles. The van der Waals surface area contributed by atoms with Crippen LogP contribution in [0.2, 0.25) is 0 Å². The van der Waals surface area contributed by atoms with Crippen molar-refractivity contribution < 1.29 is 0 Å². The van der Waals surface area contributed by atoms with Crippen LogP contribution in [0.4, 0.5) is 0 Å². The Balaban J connectivity index is 3.77. The summed E-state index contributed by atoms with van der Waals surface area (Å²) in [5.74, 6) is 0.457. The lowest BCUT2D eigenvalue weighted by Gasteiger charge is -2.10. The van der Waals surface area contributed by atoms with Crippen LogP contribution in [0.25, 0.3) is 0 Å². The molecule has 0 aliphatic carbocycles. The molecule has 0 aliphatic rings. The van der Waals surface area contributed by atoms with Crippen molar-refractivity contribution in [2.24, 2.45) is 11.8 Å². The van der Waals surface area contributed by atoms with E-state index in [1.807, 2.05) is 19.9 Å². The molecule has 0 aromatic heterocycles.